The lowest BCUT2D eigenvalue weighted by Crippen LogP contribution is -2.34. The predicted molar refractivity (Wildman–Crippen MR) is 88.1 cm³/mol. The van der Waals surface area contributed by atoms with Crippen molar-refractivity contribution >= 4 is 17.5 Å². The molecule has 0 aromatic heterocycles. The number of hydrogen-bond donors (Lipinski definition) is 3. The van der Waals surface area contributed by atoms with Crippen LogP contribution >= 0.6 is 11.6 Å². The Kier molecular flexibility index (Phi) is 4.66. The van der Waals surface area contributed by atoms with Gasteiger partial charge in [0.15, 0.2) is 0 Å². The van der Waals surface area contributed by atoms with Crippen molar-refractivity contribution in [3.63, 3.8) is 0 Å². The summed E-state index contributed by atoms with van der Waals surface area (Å²) < 4.78 is 0. The highest BCUT2D eigenvalue weighted by atomic mass is 35.5. The fourth-order valence-corrected chi connectivity index (χ4v) is 3.08. The largest absolute Gasteiger partial charge is 0.390 e. The summed E-state index contributed by atoms with van der Waals surface area (Å²) in [6.07, 6.45) is -1.07. The van der Waals surface area contributed by atoms with Crippen LogP contribution in [-0.2, 0) is 11.2 Å². The number of halogens is 1. The fraction of sp³-hybridized carbons (Fsp3) is 0.278. The van der Waals surface area contributed by atoms with Crippen LogP contribution < -0.4 is 5.32 Å². The first-order valence-electron chi connectivity index (χ1n) is 7.53. The molecule has 0 bridgehead atoms. The highest BCUT2D eigenvalue weighted by molar-refractivity contribution is 6.30. The van der Waals surface area contributed by atoms with E-state index in [0.29, 0.717) is 17.0 Å². The number of hydrogen-bond acceptors (Lipinski definition) is 3. The Morgan fingerprint density at radius 3 is 2.65 bits per heavy atom. The molecule has 120 valence electrons. The van der Waals surface area contributed by atoms with Crippen LogP contribution in [0.25, 0.3) is 0 Å². The number of carbonyl (C=O) groups is 1. The molecule has 4 nitrogen and oxygen atoms in total. The van der Waals surface area contributed by atoms with E-state index in [1.807, 2.05) is 24.3 Å². The summed E-state index contributed by atoms with van der Waals surface area (Å²) in [7, 11) is 0. The van der Waals surface area contributed by atoms with Crippen LogP contribution in [0.2, 0.25) is 5.02 Å². The van der Waals surface area contributed by atoms with Gasteiger partial charge in [0.25, 0.3) is 0 Å². The zero-order chi connectivity index (χ0) is 16.4. The molecule has 3 unspecified atom stereocenters. The summed E-state index contributed by atoms with van der Waals surface area (Å²) in [6.45, 7) is 0. The van der Waals surface area contributed by atoms with Gasteiger partial charge in [-0.2, -0.15) is 0 Å². The summed E-state index contributed by atoms with van der Waals surface area (Å²) in [5.74, 6) is -0.298. The van der Waals surface area contributed by atoms with Crippen LogP contribution in [0.5, 0.6) is 0 Å². The van der Waals surface area contributed by atoms with Gasteiger partial charge in [0, 0.05) is 11.4 Å². The molecule has 0 fully saturated rings. The van der Waals surface area contributed by atoms with Crippen molar-refractivity contribution < 1.29 is 15.0 Å². The van der Waals surface area contributed by atoms with Crippen molar-refractivity contribution in [3.05, 3.63) is 70.2 Å². The number of carbonyl (C=O) groups excluding carboxylic acids is 1. The molecule has 0 spiro atoms. The molecule has 0 saturated carbocycles. The first-order chi connectivity index (χ1) is 11.0. The summed E-state index contributed by atoms with van der Waals surface area (Å²) in [5.41, 5.74) is 2.62. The van der Waals surface area contributed by atoms with Gasteiger partial charge in [0.2, 0.25) is 5.91 Å². The average Bonchev–Trinajstić information content (AvgIpc) is 2.84. The van der Waals surface area contributed by atoms with Gasteiger partial charge in [0.1, 0.15) is 0 Å². The van der Waals surface area contributed by atoms with E-state index in [4.69, 9.17) is 11.6 Å². The molecular formula is C18H18ClNO3. The molecule has 1 amide bonds. The summed E-state index contributed by atoms with van der Waals surface area (Å²) >= 11 is 5.81. The maximum absolute atomic E-state index is 12.2. The average molecular weight is 332 g/mol. The molecular weight excluding hydrogens is 314 g/mol. The number of nitrogens with one attached hydrogen (secondary N) is 1. The summed E-state index contributed by atoms with van der Waals surface area (Å²) in [4.78, 5) is 12.2. The van der Waals surface area contributed by atoms with E-state index >= 15 is 0 Å². The second-order valence-corrected chi connectivity index (χ2v) is 6.22. The molecule has 2 aromatic carbocycles. The minimum atomic E-state index is -0.902. The van der Waals surface area contributed by atoms with Crippen LogP contribution in [0.3, 0.4) is 0 Å². The molecule has 0 aliphatic heterocycles. The van der Waals surface area contributed by atoms with Gasteiger partial charge in [-0.1, -0.05) is 48.0 Å². The molecule has 2 aromatic rings. The topological polar surface area (TPSA) is 69.6 Å². The Morgan fingerprint density at radius 1 is 1.22 bits per heavy atom. The Labute approximate surface area is 139 Å². The van der Waals surface area contributed by atoms with E-state index in [-0.39, 0.29) is 12.3 Å². The highest BCUT2D eigenvalue weighted by Gasteiger charge is 2.32. The number of aliphatic hydroxyl groups is 2. The van der Waals surface area contributed by atoms with E-state index in [2.05, 4.69) is 5.32 Å². The van der Waals surface area contributed by atoms with Gasteiger partial charge in [-0.05, 0) is 28.8 Å². The minimum absolute atomic E-state index is 0.0625. The Hall–Kier alpha value is -1.88. The lowest BCUT2D eigenvalue weighted by atomic mass is 10.0. The van der Waals surface area contributed by atoms with Crippen molar-refractivity contribution in [3.8, 4) is 0 Å². The monoisotopic (exact) mass is 331 g/mol. The van der Waals surface area contributed by atoms with Gasteiger partial charge in [-0.3, -0.25) is 4.79 Å². The molecule has 3 atom stereocenters. The second-order valence-electron chi connectivity index (χ2n) is 5.79. The molecule has 3 rings (SSSR count). The van der Waals surface area contributed by atoms with Gasteiger partial charge in [0.05, 0.1) is 24.7 Å². The van der Waals surface area contributed by atoms with Gasteiger partial charge in [-0.15, -0.1) is 0 Å². The molecule has 3 N–H and O–H groups in total. The van der Waals surface area contributed by atoms with Gasteiger partial charge >= 0.3 is 0 Å². The summed E-state index contributed by atoms with van der Waals surface area (Å²) in [6, 6.07) is 14.0. The van der Waals surface area contributed by atoms with E-state index in [1.165, 1.54) is 0 Å². The second kappa shape index (κ2) is 6.71. The Balaban J connectivity index is 1.64. The number of aliphatic hydroxyl groups excluding tert-OH is 2. The zero-order valence-corrected chi connectivity index (χ0v) is 13.2. The standard InChI is InChI=1S/C18H18ClNO3/c19-13-7-5-11(6-8-13)15(21)10-17(23)20-18-14-4-2-1-3-12(14)9-16(18)22/h1-8,15-16,18,21-22H,9-10H2,(H,20,23). The molecule has 23 heavy (non-hydrogen) atoms. The fourth-order valence-electron chi connectivity index (χ4n) is 2.96. The van der Waals surface area contributed by atoms with Gasteiger partial charge < -0.3 is 15.5 Å². The lowest BCUT2D eigenvalue weighted by molar-refractivity contribution is -0.124. The SMILES string of the molecule is O=C(CC(O)c1ccc(Cl)cc1)NC1c2ccccc2CC1O. The van der Waals surface area contributed by atoms with E-state index < -0.39 is 18.2 Å². The van der Waals surface area contributed by atoms with Crippen molar-refractivity contribution in [2.45, 2.75) is 31.1 Å². The first kappa shape index (κ1) is 16.0. The van der Waals surface area contributed by atoms with Crippen molar-refractivity contribution in [2.75, 3.05) is 0 Å². The molecule has 1 aliphatic carbocycles. The van der Waals surface area contributed by atoms with E-state index in [0.717, 1.165) is 11.1 Å². The molecule has 0 saturated heterocycles. The third kappa shape index (κ3) is 3.55. The smallest absolute Gasteiger partial charge is 0.223 e. The van der Waals surface area contributed by atoms with Crippen LogP contribution in [0.1, 0.15) is 35.3 Å². The Bertz CT molecular complexity index is 702. The van der Waals surface area contributed by atoms with Crippen LogP contribution in [0.15, 0.2) is 48.5 Å². The highest BCUT2D eigenvalue weighted by Crippen LogP contribution is 2.31. The number of amides is 1. The number of benzene rings is 2. The van der Waals surface area contributed by atoms with Crippen molar-refractivity contribution in [1.82, 2.24) is 5.32 Å². The summed E-state index contributed by atoms with van der Waals surface area (Å²) in [5, 5.41) is 23.7. The normalized spacial score (nSPS) is 20.8. The maximum atomic E-state index is 12.2. The molecule has 0 radical (unpaired) electrons. The third-order valence-electron chi connectivity index (χ3n) is 4.15. The molecule has 0 heterocycles. The third-order valence-corrected chi connectivity index (χ3v) is 4.41. The quantitative estimate of drug-likeness (QED) is 0.806. The lowest BCUT2D eigenvalue weighted by Gasteiger charge is -2.19. The maximum Gasteiger partial charge on any atom is 0.223 e. The van der Waals surface area contributed by atoms with Crippen LogP contribution in [-0.4, -0.2) is 22.2 Å². The van der Waals surface area contributed by atoms with Crippen LogP contribution in [0, 0.1) is 0 Å². The van der Waals surface area contributed by atoms with Gasteiger partial charge in [-0.25, -0.2) is 0 Å². The van der Waals surface area contributed by atoms with E-state index in [9.17, 15) is 15.0 Å². The van der Waals surface area contributed by atoms with E-state index in [1.54, 1.807) is 24.3 Å². The number of rotatable bonds is 4. The Morgan fingerprint density at radius 2 is 1.91 bits per heavy atom. The van der Waals surface area contributed by atoms with Crippen molar-refractivity contribution in [2.24, 2.45) is 0 Å². The molecule has 1 aliphatic rings. The minimum Gasteiger partial charge on any atom is -0.390 e. The van der Waals surface area contributed by atoms with Crippen LogP contribution in [0.4, 0.5) is 0 Å². The number of fused-ring (bicyclic) bond motifs is 1. The predicted octanol–water partition coefficient (Wildman–Crippen LogP) is 2.54. The molecule has 5 heteroatoms. The first-order valence-corrected chi connectivity index (χ1v) is 7.91. The van der Waals surface area contributed by atoms with Crippen molar-refractivity contribution in [1.29, 1.82) is 0 Å². The zero-order valence-electron chi connectivity index (χ0n) is 12.4.